The maximum Gasteiger partial charge on any atom is 0.226 e. The molecule has 5 nitrogen and oxygen atoms in total. The van der Waals surface area contributed by atoms with Gasteiger partial charge in [0.2, 0.25) is 5.91 Å². The lowest BCUT2D eigenvalue weighted by atomic mass is 10.3. The largest absolute Gasteiger partial charge is 0.302 e. The van der Waals surface area contributed by atoms with Crippen molar-refractivity contribution >= 4 is 66.8 Å². The molecule has 1 aromatic carbocycles. The summed E-state index contributed by atoms with van der Waals surface area (Å²) in [5, 5.41) is 4.89. The summed E-state index contributed by atoms with van der Waals surface area (Å²) in [6.45, 7) is 0. The van der Waals surface area contributed by atoms with Gasteiger partial charge >= 0.3 is 0 Å². The van der Waals surface area contributed by atoms with E-state index in [1.54, 1.807) is 41.8 Å². The molecule has 1 N–H and O–H groups in total. The lowest BCUT2D eigenvalue weighted by molar-refractivity contribution is -0.116. The summed E-state index contributed by atoms with van der Waals surface area (Å²) >= 11 is 14.6. The van der Waals surface area contributed by atoms with Gasteiger partial charge in [-0.05, 0) is 24.6 Å². The Morgan fingerprint density at radius 1 is 1.19 bits per heavy atom. The number of hydrogen-bond donors (Lipinski definition) is 1. The number of nitrogens with one attached hydrogen (secondary N) is 1. The summed E-state index contributed by atoms with van der Waals surface area (Å²) in [7, 11) is -3.38. The highest BCUT2D eigenvalue weighted by Crippen LogP contribution is 2.38. The predicted molar refractivity (Wildman–Crippen MR) is 112 cm³/mol. The second-order valence-electron chi connectivity index (χ2n) is 5.56. The summed E-state index contributed by atoms with van der Waals surface area (Å²) in [5.41, 5.74) is 1.35. The van der Waals surface area contributed by atoms with Crippen molar-refractivity contribution in [3.8, 4) is 11.3 Å². The van der Waals surface area contributed by atoms with Gasteiger partial charge in [0.1, 0.15) is 4.34 Å². The summed E-state index contributed by atoms with van der Waals surface area (Å²) in [6, 6.07) is 9.93. The number of anilines is 1. The Morgan fingerprint density at radius 3 is 2.59 bits per heavy atom. The van der Waals surface area contributed by atoms with Crippen molar-refractivity contribution in [2.45, 2.75) is 17.7 Å². The number of rotatable bonds is 7. The molecule has 1 amide bonds. The Labute approximate surface area is 174 Å². The lowest BCUT2D eigenvalue weighted by Gasteiger charge is -2.04. The third-order valence-corrected chi connectivity index (χ3v) is 7.66. The van der Waals surface area contributed by atoms with Crippen LogP contribution >= 0.6 is 45.9 Å². The van der Waals surface area contributed by atoms with E-state index in [0.29, 0.717) is 19.5 Å². The van der Waals surface area contributed by atoms with E-state index in [0.717, 1.165) is 5.56 Å². The molecule has 27 heavy (non-hydrogen) atoms. The molecule has 2 heterocycles. The topological polar surface area (TPSA) is 76.1 Å². The van der Waals surface area contributed by atoms with Crippen LogP contribution in [0.5, 0.6) is 0 Å². The third kappa shape index (κ3) is 5.30. The predicted octanol–water partition coefficient (Wildman–Crippen LogP) is 5.37. The van der Waals surface area contributed by atoms with E-state index in [1.807, 2.05) is 0 Å². The zero-order valence-electron chi connectivity index (χ0n) is 13.8. The van der Waals surface area contributed by atoms with Crippen LogP contribution in [0.3, 0.4) is 0 Å². The number of hydrogen-bond acceptors (Lipinski definition) is 6. The quantitative estimate of drug-likeness (QED) is 0.513. The number of amides is 1. The van der Waals surface area contributed by atoms with Gasteiger partial charge in [-0.1, -0.05) is 41.4 Å². The Kier molecular flexibility index (Phi) is 6.54. The van der Waals surface area contributed by atoms with Crippen LogP contribution in [0, 0.1) is 0 Å². The zero-order valence-corrected chi connectivity index (χ0v) is 17.8. The minimum absolute atomic E-state index is 0.0867. The molecule has 0 radical (unpaired) electrons. The van der Waals surface area contributed by atoms with Crippen LogP contribution in [0.2, 0.25) is 8.67 Å². The van der Waals surface area contributed by atoms with E-state index >= 15 is 0 Å². The van der Waals surface area contributed by atoms with Gasteiger partial charge in [0.05, 0.1) is 20.7 Å². The molecule has 0 fully saturated rings. The van der Waals surface area contributed by atoms with Gasteiger partial charge in [0.15, 0.2) is 15.0 Å². The minimum Gasteiger partial charge on any atom is -0.302 e. The monoisotopic (exact) mass is 460 g/mol. The van der Waals surface area contributed by atoms with Crippen LogP contribution in [0.4, 0.5) is 5.13 Å². The van der Waals surface area contributed by atoms with Crippen molar-refractivity contribution < 1.29 is 13.2 Å². The van der Waals surface area contributed by atoms with Crippen molar-refractivity contribution in [2.24, 2.45) is 0 Å². The van der Waals surface area contributed by atoms with Crippen LogP contribution in [-0.2, 0) is 14.6 Å². The van der Waals surface area contributed by atoms with Gasteiger partial charge in [-0.25, -0.2) is 13.4 Å². The fraction of sp³-hybridized carbons (Fsp3) is 0.176. The Hall–Kier alpha value is -1.45. The molecule has 0 spiro atoms. The maximum absolute atomic E-state index is 12.2. The first kappa shape index (κ1) is 20.3. The van der Waals surface area contributed by atoms with Gasteiger partial charge < -0.3 is 5.32 Å². The average Bonchev–Trinajstić information content (AvgIpc) is 3.21. The molecule has 0 aliphatic carbocycles. The minimum atomic E-state index is -3.38. The molecule has 0 atom stereocenters. The molecule has 142 valence electrons. The fourth-order valence-electron chi connectivity index (χ4n) is 2.32. The smallest absolute Gasteiger partial charge is 0.226 e. The number of nitrogens with zero attached hydrogens (tertiary/aromatic N) is 1. The number of benzene rings is 1. The molecular formula is C17H14Cl2N2O3S3. The molecule has 0 aliphatic rings. The molecule has 3 rings (SSSR count). The summed E-state index contributed by atoms with van der Waals surface area (Å²) < 4.78 is 25.5. The lowest BCUT2D eigenvalue weighted by Crippen LogP contribution is -2.14. The fourth-order valence-corrected chi connectivity index (χ4v) is 5.86. The van der Waals surface area contributed by atoms with Crippen LogP contribution in [-0.4, -0.2) is 25.1 Å². The van der Waals surface area contributed by atoms with E-state index in [2.05, 4.69) is 10.3 Å². The number of carbonyl (C=O) groups excluding carboxylic acids is 1. The number of halogens is 2. The number of sulfone groups is 1. The molecule has 2 aromatic heterocycles. The van der Waals surface area contributed by atoms with Gasteiger partial charge in [-0.3, -0.25) is 4.79 Å². The highest BCUT2D eigenvalue weighted by molar-refractivity contribution is 7.91. The normalized spacial score (nSPS) is 11.5. The second kappa shape index (κ2) is 8.70. The summed E-state index contributed by atoms with van der Waals surface area (Å²) in [5.74, 6) is -0.370. The number of thiophene rings is 1. The van der Waals surface area contributed by atoms with E-state index in [9.17, 15) is 13.2 Å². The number of thiazole rings is 1. The van der Waals surface area contributed by atoms with Gasteiger partial charge in [-0.15, -0.1) is 22.7 Å². The van der Waals surface area contributed by atoms with Crippen molar-refractivity contribution in [3.63, 3.8) is 0 Å². The highest BCUT2D eigenvalue weighted by Gasteiger charge is 2.16. The number of carbonyl (C=O) groups is 1. The molecule has 0 unspecified atom stereocenters. The first-order valence-electron chi connectivity index (χ1n) is 7.83. The maximum atomic E-state index is 12.2. The Morgan fingerprint density at radius 2 is 1.93 bits per heavy atom. The van der Waals surface area contributed by atoms with Gasteiger partial charge in [0.25, 0.3) is 0 Å². The molecule has 0 aliphatic heterocycles. The van der Waals surface area contributed by atoms with Crippen LogP contribution in [0.25, 0.3) is 11.3 Å². The third-order valence-electron chi connectivity index (χ3n) is 3.60. The first-order valence-corrected chi connectivity index (χ1v) is 11.9. The molecule has 0 saturated carbocycles. The SMILES string of the molecule is O=C(CCCS(=O)(=O)c1ccccc1)Nc1nc(-c2cc(Cl)sc2Cl)cs1. The van der Waals surface area contributed by atoms with Crippen molar-refractivity contribution in [2.75, 3.05) is 11.1 Å². The van der Waals surface area contributed by atoms with Crippen LogP contribution in [0.15, 0.2) is 46.7 Å². The standard InChI is InChI=1S/C17H14Cl2N2O3S3/c18-14-9-12(16(19)26-14)13-10-25-17(20-13)21-15(22)7-4-8-27(23,24)11-5-2-1-3-6-11/h1-3,5-6,9-10H,4,7-8H2,(H,20,21,22). The number of aromatic nitrogens is 1. The summed E-state index contributed by atoms with van der Waals surface area (Å²) in [6.07, 6.45) is 0.319. The van der Waals surface area contributed by atoms with Gasteiger partial charge in [-0.2, -0.15) is 0 Å². The Bertz CT molecular complexity index is 1050. The van der Waals surface area contributed by atoms with Crippen molar-refractivity contribution in [3.05, 3.63) is 50.5 Å². The molecule has 3 aromatic rings. The molecule has 0 bridgehead atoms. The average molecular weight is 461 g/mol. The van der Waals surface area contributed by atoms with E-state index in [1.165, 1.54) is 22.7 Å². The molecular weight excluding hydrogens is 447 g/mol. The zero-order chi connectivity index (χ0) is 19.4. The van der Waals surface area contributed by atoms with Crippen molar-refractivity contribution in [1.29, 1.82) is 0 Å². The van der Waals surface area contributed by atoms with E-state index < -0.39 is 9.84 Å². The van der Waals surface area contributed by atoms with E-state index in [-0.39, 0.29) is 29.4 Å². The Balaban J connectivity index is 1.54. The molecule has 0 saturated heterocycles. The first-order chi connectivity index (χ1) is 12.8. The highest BCUT2D eigenvalue weighted by atomic mass is 35.5. The summed E-state index contributed by atoms with van der Waals surface area (Å²) in [4.78, 5) is 16.7. The second-order valence-corrected chi connectivity index (χ2v) is 10.8. The van der Waals surface area contributed by atoms with Crippen LogP contribution < -0.4 is 5.32 Å². The van der Waals surface area contributed by atoms with Crippen molar-refractivity contribution in [1.82, 2.24) is 4.98 Å². The van der Waals surface area contributed by atoms with Gasteiger partial charge in [0, 0.05) is 17.4 Å². The van der Waals surface area contributed by atoms with E-state index in [4.69, 9.17) is 23.2 Å². The van der Waals surface area contributed by atoms with Crippen LogP contribution in [0.1, 0.15) is 12.8 Å². The molecule has 10 heteroatoms.